The van der Waals surface area contributed by atoms with E-state index >= 15 is 0 Å². The molecule has 3 aromatic rings. The molecule has 19 nitrogen and oxygen atoms in total. The molecule has 2 fully saturated rings. The van der Waals surface area contributed by atoms with Crippen molar-refractivity contribution >= 4 is 47.7 Å². The van der Waals surface area contributed by atoms with Gasteiger partial charge < -0.3 is 53.6 Å². The number of methoxy groups -OCH3 is 1. The molecule has 2 saturated heterocycles. The molecule has 3 aromatic carbocycles. The molecule has 2 aliphatic heterocycles. The van der Waals surface area contributed by atoms with Crippen molar-refractivity contribution in [3.8, 4) is 16.9 Å². The summed E-state index contributed by atoms with van der Waals surface area (Å²) in [6.45, 7) is 3.06. The normalized spacial score (nSPS) is 21.3. The summed E-state index contributed by atoms with van der Waals surface area (Å²) in [6.07, 6.45) is -10.2. The second-order valence-electron chi connectivity index (χ2n) is 14.5. The van der Waals surface area contributed by atoms with Gasteiger partial charge in [0.2, 0.25) is 18.3 Å². The summed E-state index contributed by atoms with van der Waals surface area (Å²) in [5, 5.41) is 15.4. The fourth-order valence-corrected chi connectivity index (χ4v) is 7.50. The second kappa shape index (κ2) is 20.2. The van der Waals surface area contributed by atoms with Crippen LogP contribution < -0.4 is 15.4 Å². The van der Waals surface area contributed by atoms with Gasteiger partial charge in [-0.1, -0.05) is 54.6 Å². The van der Waals surface area contributed by atoms with E-state index in [1.807, 2.05) is 48.5 Å². The smallest absolute Gasteiger partial charge is 0.412 e. The molecule has 330 valence electrons. The maximum atomic E-state index is 13.4. The largest absolute Gasteiger partial charge is 0.467 e. The Bertz CT molecular complexity index is 2130. The molecule has 0 aromatic heterocycles. The standard InChI is InChI=1S/C43H47N3O16/c1-23(47)58-36-37(59-24(2)48)39(60-25(3)49)41(62-38(36)40(52)55-4)61-33-16-15-26(21-57-43(54)46-19-9-14-35(46)51)20-32(33)45-34(50)17-18-44-42(53)56-22-31-29-12-7-5-10-27(29)28-11-6-8-13-30(28)31/h5-8,10-13,15-16,20,31,35-39,41,51H,9,14,17-19,21-22H2,1-4H3,(H,44,53)(H,45,50)/t35?,36-,37-,38-,39+,41+/m0/s1. The van der Waals surface area contributed by atoms with Crippen LogP contribution in [0.2, 0.25) is 0 Å². The lowest BCUT2D eigenvalue weighted by atomic mass is 9.97. The average molecular weight is 862 g/mol. The van der Waals surface area contributed by atoms with Gasteiger partial charge in [-0.15, -0.1) is 0 Å². The lowest BCUT2D eigenvalue weighted by Crippen LogP contribution is -2.64. The van der Waals surface area contributed by atoms with Crippen LogP contribution in [0.15, 0.2) is 66.7 Å². The van der Waals surface area contributed by atoms with E-state index < -0.39 is 78.9 Å². The Morgan fingerprint density at radius 1 is 0.806 bits per heavy atom. The average Bonchev–Trinajstić information content (AvgIpc) is 3.81. The third-order valence-electron chi connectivity index (χ3n) is 10.2. The third kappa shape index (κ3) is 10.8. The number of hydrogen-bond donors (Lipinski definition) is 3. The molecule has 2 heterocycles. The van der Waals surface area contributed by atoms with Gasteiger partial charge in [0.15, 0.2) is 18.3 Å². The third-order valence-corrected chi connectivity index (χ3v) is 10.2. The number of carbonyl (C=O) groups is 7. The van der Waals surface area contributed by atoms with Crippen LogP contribution in [0, 0.1) is 0 Å². The van der Waals surface area contributed by atoms with Crippen LogP contribution in [0.5, 0.6) is 5.75 Å². The highest BCUT2D eigenvalue weighted by Crippen LogP contribution is 2.44. The van der Waals surface area contributed by atoms with E-state index in [0.29, 0.717) is 24.9 Å². The van der Waals surface area contributed by atoms with Crippen molar-refractivity contribution in [2.75, 3.05) is 32.1 Å². The molecule has 1 aliphatic carbocycles. The molecule has 0 bridgehead atoms. The molecule has 0 saturated carbocycles. The SMILES string of the molecule is COC(=O)[C@H]1O[C@@H](Oc2ccc(COC(=O)N3CCCC3O)cc2NC(=O)CCNC(=O)OCC2c3ccccc3-c3ccccc32)[C@H](OC(C)=O)[C@@H](OC(C)=O)[C@@H]1OC(C)=O. The molecule has 3 N–H and O–H groups in total. The van der Waals surface area contributed by atoms with Crippen molar-refractivity contribution in [2.24, 2.45) is 0 Å². The van der Waals surface area contributed by atoms with Crippen molar-refractivity contribution in [1.29, 1.82) is 0 Å². The summed E-state index contributed by atoms with van der Waals surface area (Å²) in [4.78, 5) is 89.9. The lowest BCUT2D eigenvalue weighted by Gasteiger charge is -2.43. The van der Waals surface area contributed by atoms with Crippen molar-refractivity contribution in [3.05, 3.63) is 83.4 Å². The van der Waals surface area contributed by atoms with Crippen LogP contribution in [0.25, 0.3) is 11.1 Å². The van der Waals surface area contributed by atoms with E-state index in [-0.39, 0.29) is 43.5 Å². The molecular formula is C43H47N3O16. The van der Waals surface area contributed by atoms with E-state index in [0.717, 1.165) is 50.1 Å². The number of amides is 3. The van der Waals surface area contributed by atoms with Crippen LogP contribution >= 0.6 is 0 Å². The quantitative estimate of drug-likeness (QED) is 0.155. The summed E-state index contributed by atoms with van der Waals surface area (Å²) >= 11 is 0. The van der Waals surface area contributed by atoms with E-state index in [4.69, 9.17) is 37.9 Å². The van der Waals surface area contributed by atoms with Gasteiger partial charge in [-0.2, -0.15) is 0 Å². The molecule has 19 heteroatoms. The minimum atomic E-state index is -1.76. The first-order valence-electron chi connectivity index (χ1n) is 19.8. The molecule has 3 aliphatic rings. The van der Waals surface area contributed by atoms with Crippen molar-refractivity contribution in [1.82, 2.24) is 10.2 Å². The first kappa shape index (κ1) is 44.8. The topological polar surface area (TPSA) is 241 Å². The monoisotopic (exact) mass is 861 g/mol. The van der Waals surface area contributed by atoms with Gasteiger partial charge in [0.1, 0.15) is 25.2 Å². The molecule has 0 radical (unpaired) electrons. The van der Waals surface area contributed by atoms with Crippen LogP contribution in [-0.4, -0.2) is 116 Å². The maximum Gasteiger partial charge on any atom is 0.412 e. The number of esters is 4. The molecule has 6 rings (SSSR count). The number of rotatable bonds is 14. The number of alkyl carbamates (subject to hydrolysis) is 1. The van der Waals surface area contributed by atoms with Gasteiger partial charge in [-0.25, -0.2) is 14.4 Å². The number of aliphatic hydroxyl groups excluding tert-OH is 1. The number of ether oxygens (including phenoxy) is 8. The van der Waals surface area contributed by atoms with Gasteiger partial charge in [0, 0.05) is 46.2 Å². The predicted molar refractivity (Wildman–Crippen MR) is 213 cm³/mol. The van der Waals surface area contributed by atoms with Crippen LogP contribution in [0.4, 0.5) is 15.3 Å². The first-order valence-corrected chi connectivity index (χ1v) is 19.8. The Balaban J connectivity index is 1.18. The van der Waals surface area contributed by atoms with Crippen LogP contribution in [0.3, 0.4) is 0 Å². The Morgan fingerprint density at radius 2 is 1.44 bits per heavy atom. The molecule has 1 unspecified atom stereocenters. The van der Waals surface area contributed by atoms with E-state index in [1.54, 1.807) is 0 Å². The zero-order chi connectivity index (χ0) is 44.5. The van der Waals surface area contributed by atoms with Crippen molar-refractivity contribution in [3.63, 3.8) is 0 Å². The number of hydrogen-bond acceptors (Lipinski definition) is 16. The van der Waals surface area contributed by atoms with Crippen LogP contribution in [-0.2, 0) is 63.7 Å². The Labute approximate surface area is 355 Å². The van der Waals surface area contributed by atoms with Gasteiger partial charge in [-0.3, -0.25) is 24.1 Å². The highest BCUT2D eigenvalue weighted by molar-refractivity contribution is 5.92. The minimum absolute atomic E-state index is 0.0307. The molecule has 0 spiro atoms. The van der Waals surface area contributed by atoms with Gasteiger partial charge in [0.05, 0.1) is 12.8 Å². The van der Waals surface area contributed by atoms with Gasteiger partial charge in [-0.05, 0) is 52.8 Å². The second-order valence-corrected chi connectivity index (χ2v) is 14.5. The summed E-state index contributed by atoms with van der Waals surface area (Å²) < 4.78 is 44.1. The van der Waals surface area contributed by atoms with Crippen molar-refractivity contribution < 1.29 is 76.6 Å². The Morgan fingerprint density at radius 3 is 2.05 bits per heavy atom. The number of likely N-dealkylation sites (tertiary alicyclic amines) is 1. The molecular weight excluding hydrogens is 814 g/mol. The lowest BCUT2D eigenvalue weighted by molar-refractivity contribution is -0.282. The highest BCUT2D eigenvalue weighted by Gasteiger charge is 2.56. The zero-order valence-corrected chi connectivity index (χ0v) is 34.4. The number of nitrogens with zero attached hydrogens (tertiary/aromatic N) is 1. The number of nitrogens with one attached hydrogen (secondary N) is 2. The van der Waals surface area contributed by atoms with Gasteiger partial charge in [0.25, 0.3) is 0 Å². The Kier molecular flexibility index (Phi) is 14.6. The summed E-state index contributed by atoms with van der Waals surface area (Å²) in [5.74, 6) is -4.65. The summed E-state index contributed by atoms with van der Waals surface area (Å²) in [6, 6.07) is 20.0. The van der Waals surface area contributed by atoms with Crippen molar-refractivity contribution in [2.45, 2.75) is 89.5 Å². The van der Waals surface area contributed by atoms with Crippen LogP contribution in [0.1, 0.15) is 62.6 Å². The Hall–Kier alpha value is -6.73. The fraction of sp³-hybridized carbons (Fsp3) is 0.419. The maximum absolute atomic E-state index is 13.4. The first-order chi connectivity index (χ1) is 29.7. The summed E-state index contributed by atoms with van der Waals surface area (Å²) in [5.41, 5.74) is 4.54. The van der Waals surface area contributed by atoms with E-state index in [2.05, 4.69) is 10.6 Å². The molecule has 6 atom stereocenters. The fourth-order valence-electron chi connectivity index (χ4n) is 7.50. The number of aliphatic hydroxyl groups is 1. The predicted octanol–water partition coefficient (Wildman–Crippen LogP) is 3.68. The molecule has 3 amide bonds. The number of anilines is 1. The number of carbonyl (C=O) groups excluding carboxylic acids is 7. The van der Waals surface area contributed by atoms with E-state index in [9.17, 15) is 38.7 Å². The number of benzene rings is 3. The zero-order valence-electron chi connectivity index (χ0n) is 34.4. The number of fused-ring (bicyclic) bond motifs is 3. The summed E-state index contributed by atoms with van der Waals surface area (Å²) in [7, 11) is 1.04. The minimum Gasteiger partial charge on any atom is -0.467 e. The molecule has 62 heavy (non-hydrogen) atoms. The highest BCUT2D eigenvalue weighted by atomic mass is 16.7. The van der Waals surface area contributed by atoms with Gasteiger partial charge >= 0.3 is 36.1 Å². The van der Waals surface area contributed by atoms with E-state index in [1.165, 1.54) is 23.1 Å².